The van der Waals surface area contributed by atoms with Gasteiger partial charge in [0.15, 0.2) is 0 Å². The van der Waals surface area contributed by atoms with Crippen LogP contribution in [0.3, 0.4) is 0 Å². The van der Waals surface area contributed by atoms with E-state index in [1.165, 1.54) is 29.6 Å². The summed E-state index contributed by atoms with van der Waals surface area (Å²) in [6, 6.07) is 68.8. The normalized spacial score (nSPS) is 11.6. The van der Waals surface area contributed by atoms with Gasteiger partial charge >= 0.3 is 5.97 Å². The van der Waals surface area contributed by atoms with Gasteiger partial charge in [-0.15, -0.1) is 12.4 Å². The Hall–Kier alpha value is -9.47. The number of aliphatic hydroxyl groups excluding tert-OH is 1. The number of rotatable bonds is 5. The lowest BCUT2D eigenvalue weighted by molar-refractivity contribution is -0.138. The summed E-state index contributed by atoms with van der Waals surface area (Å²) in [6.45, 7) is 0.619. The summed E-state index contributed by atoms with van der Waals surface area (Å²) in [7, 11) is 2.41. The number of nitriles is 2. The number of ether oxygens (including phenoxy) is 1. The standard InChI is InChI=1S/C17H15NO2.C16H14N2O2.C16H12N2.C14H11N.C2H2BrN.CH4O.ClH/c1-20-17(19)12-18-15-8-4-2-6-13(15)10-11-14-7-3-5-9-16(14)18;19-16(17-20)11-18-14-7-3-1-5-12(14)9-10-13-6-2-4-8-15(13)18;17-11-12-18-15-7-3-1-5-13(15)9-10-14-6-2-4-8-16(14)18;1-3-7-13-11(5-1)9-10-12-6-2-4-8-14(12)15-13;3-1-2-4;1-2;/h2-11H,12H2,1H3;1-10,20H,11H2,(H,17,19);1-10H,12H2;1-10,15H;1H2;2H,1H3;1H. The minimum atomic E-state index is -0.448. The highest BCUT2D eigenvalue weighted by atomic mass is 79.9. The molecule has 4 aliphatic heterocycles. The monoisotopic (exact) mass is 1140 g/mol. The third-order valence-electron chi connectivity index (χ3n) is 12.6. The Morgan fingerprint density at radius 2 is 0.725 bits per heavy atom. The van der Waals surface area contributed by atoms with Crippen LogP contribution in [-0.4, -0.2) is 61.4 Å². The predicted molar refractivity (Wildman–Crippen MR) is 334 cm³/mol. The molecule has 0 spiro atoms. The van der Waals surface area contributed by atoms with Crippen molar-refractivity contribution in [1.29, 1.82) is 10.5 Å². The smallest absolute Gasteiger partial charge is 0.325 e. The largest absolute Gasteiger partial charge is 0.468 e. The molecule has 12 rings (SSSR count). The van der Waals surface area contributed by atoms with E-state index in [2.05, 4.69) is 129 Å². The number of benzene rings is 8. The number of carbonyl (C=O) groups excluding carboxylic acids is 2. The number of carbonyl (C=O) groups is 2. The number of para-hydroxylation sites is 8. The van der Waals surface area contributed by atoms with Gasteiger partial charge < -0.3 is 29.9 Å². The number of hydrogen-bond acceptors (Lipinski definition) is 11. The number of halogens is 2. The SMILES string of the molecule is C1=Cc2ccccc2Nc2ccccc21.CO.COC(=O)CN1c2ccccc2C=Cc2ccccc21.Cl.N#CCBr.N#CCN1c2ccccc2C=Cc2ccccc21.O=C(CN1c2ccccc2C=Cc2ccccc21)NO. The van der Waals surface area contributed by atoms with Crippen LogP contribution in [0.25, 0.3) is 48.6 Å². The zero-order valence-corrected chi connectivity index (χ0v) is 46.5. The van der Waals surface area contributed by atoms with Gasteiger partial charge in [-0.25, -0.2) is 5.48 Å². The number of methoxy groups -OCH3 is 1. The maximum absolute atomic E-state index is 11.7. The zero-order valence-electron chi connectivity index (χ0n) is 44.1. The minimum Gasteiger partial charge on any atom is -0.468 e. The number of fused-ring (bicyclic) bond motifs is 8. The van der Waals surface area contributed by atoms with Crippen LogP contribution < -0.4 is 25.5 Å². The van der Waals surface area contributed by atoms with E-state index in [-0.39, 0.29) is 31.5 Å². The first kappa shape index (κ1) is 59.8. The molecule has 4 heterocycles. The maximum atomic E-state index is 11.7. The fourth-order valence-electron chi connectivity index (χ4n) is 8.96. The van der Waals surface area contributed by atoms with E-state index in [0.29, 0.717) is 11.9 Å². The molecule has 80 heavy (non-hydrogen) atoms. The number of hydrogen-bond donors (Lipinski definition) is 4. The first-order valence-electron chi connectivity index (χ1n) is 25.1. The number of hydroxylamine groups is 1. The van der Waals surface area contributed by atoms with Crippen molar-refractivity contribution in [3.63, 3.8) is 0 Å². The Kier molecular flexibility index (Phi) is 23.2. The third kappa shape index (κ3) is 15.4. The first-order valence-corrected chi connectivity index (χ1v) is 26.2. The number of nitrogens with one attached hydrogen (secondary N) is 2. The molecule has 12 nitrogen and oxygen atoms in total. The van der Waals surface area contributed by atoms with Crippen LogP contribution in [-0.2, 0) is 14.3 Å². The highest BCUT2D eigenvalue weighted by molar-refractivity contribution is 9.09. The van der Waals surface area contributed by atoms with Crippen molar-refractivity contribution < 1.29 is 24.6 Å². The van der Waals surface area contributed by atoms with Gasteiger partial charge in [-0.05, 0) is 93.0 Å². The van der Waals surface area contributed by atoms with Crippen LogP contribution in [0.2, 0.25) is 0 Å². The van der Waals surface area contributed by atoms with Crippen LogP contribution in [0.15, 0.2) is 194 Å². The van der Waals surface area contributed by atoms with E-state index < -0.39 is 5.91 Å². The van der Waals surface area contributed by atoms with Gasteiger partial charge in [0, 0.05) is 52.6 Å². The van der Waals surface area contributed by atoms with Crippen molar-refractivity contribution in [2.75, 3.05) is 59.2 Å². The predicted octanol–water partition coefficient (Wildman–Crippen LogP) is 15.0. The van der Waals surface area contributed by atoms with E-state index in [4.69, 9.17) is 25.6 Å². The molecular weight excluding hydrogens is 1090 g/mol. The Labute approximate surface area is 482 Å². The van der Waals surface area contributed by atoms with Gasteiger partial charge in [0.2, 0.25) is 0 Å². The van der Waals surface area contributed by atoms with E-state index in [1.54, 1.807) is 5.48 Å². The Morgan fingerprint density at radius 1 is 0.463 bits per heavy atom. The summed E-state index contributed by atoms with van der Waals surface area (Å²) in [4.78, 5) is 29.3. The zero-order chi connectivity index (χ0) is 55.8. The van der Waals surface area contributed by atoms with Crippen LogP contribution in [0.5, 0.6) is 0 Å². The molecule has 4 N–H and O–H groups in total. The molecule has 402 valence electrons. The van der Waals surface area contributed by atoms with Crippen LogP contribution in [0.4, 0.5) is 45.5 Å². The van der Waals surface area contributed by atoms with Gasteiger partial charge in [-0.3, -0.25) is 14.8 Å². The molecule has 0 radical (unpaired) electrons. The molecule has 0 fully saturated rings. The molecule has 0 bridgehead atoms. The number of amides is 1. The van der Waals surface area contributed by atoms with Crippen LogP contribution >= 0.6 is 28.3 Å². The summed E-state index contributed by atoms with van der Waals surface area (Å²) in [5.41, 5.74) is 19.1. The van der Waals surface area contributed by atoms with Gasteiger partial charge in [0.1, 0.15) is 19.6 Å². The van der Waals surface area contributed by atoms with E-state index >= 15 is 0 Å². The highest BCUT2D eigenvalue weighted by Crippen LogP contribution is 2.39. The van der Waals surface area contributed by atoms with Gasteiger partial charge in [-0.2, -0.15) is 10.5 Å². The van der Waals surface area contributed by atoms with Crippen molar-refractivity contribution in [2.24, 2.45) is 0 Å². The molecular formula is C66H59BrClN7O5. The van der Waals surface area contributed by atoms with Crippen molar-refractivity contribution in [3.05, 3.63) is 239 Å². The van der Waals surface area contributed by atoms with Crippen molar-refractivity contribution in [2.45, 2.75) is 0 Å². The fourth-order valence-corrected chi connectivity index (χ4v) is 8.96. The second-order valence-corrected chi connectivity index (χ2v) is 17.9. The molecule has 8 aromatic rings. The molecule has 4 aliphatic rings. The first-order chi connectivity index (χ1) is 38.8. The summed E-state index contributed by atoms with van der Waals surface area (Å²) in [5, 5.41) is 36.3. The van der Waals surface area contributed by atoms with Gasteiger partial charge in [0.25, 0.3) is 5.91 Å². The number of nitrogens with zero attached hydrogens (tertiary/aromatic N) is 5. The number of anilines is 8. The van der Waals surface area contributed by atoms with Gasteiger partial charge in [0.05, 0.1) is 24.6 Å². The van der Waals surface area contributed by atoms with E-state index in [1.807, 2.05) is 161 Å². The average molecular weight is 1150 g/mol. The topological polar surface area (TPSA) is 165 Å². The average Bonchev–Trinajstić information content (AvgIpc) is 3.98. The highest BCUT2D eigenvalue weighted by Gasteiger charge is 2.22. The summed E-state index contributed by atoms with van der Waals surface area (Å²) in [6.07, 6.45) is 16.7. The van der Waals surface area contributed by atoms with Crippen molar-refractivity contribution >= 4 is 134 Å². The molecule has 0 saturated carbocycles. The van der Waals surface area contributed by atoms with Gasteiger partial charge in [-0.1, -0.05) is 210 Å². The van der Waals surface area contributed by atoms with E-state index in [0.717, 1.165) is 74.6 Å². The Balaban J connectivity index is 0.000000166. The molecule has 0 saturated heterocycles. The van der Waals surface area contributed by atoms with Crippen molar-refractivity contribution in [1.82, 2.24) is 5.48 Å². The molecule has 0 aliphatic carbocycles. The third-order valence-corrected chi connectivity index (χ3v) is 12.8. The number of alkyl halides is 1. The van der Waals surface area contributed by atoms with Crippen molar-refractivity contribution in [3.8, 4) is 12.1 Å². The summed E-state index contributed by atoms with van der Waals surface area (Å²) < 4.78 is 4.82. The maximum Gasteiger partial charge on any atom is 0.325 e. The minimum absolute atomic E-state index is 0. The van der Waals surface area contributed by atoms with Crippen LogP contribution in [0, 0.1) is 22.7 Å². The molecule has 1 amide bonds. The molecule has 0 atom stereocenters. The molecule has 0 unspecified atom stereocenters. The quantitative estimate of drug-likeness (QED) is 0.0426. The molecule has 0 aromatic heterocycles. The Morgan fingerprint density at radius 3 is 1.01 bits per heavy atom. The number of aliphatic hydroxyl groups is 1. The molecule has 14 heteroatoms. The van der Waals surface area contributed by atoms with Crippen LogP contribution in [0.1, 0.15) is 44.5 Å². The summed E-state index contributed by atoms with van der Waals surface area (Å²) in [5.74, 6) is -0.701. The second kappa shape index (κ2) is 31.1. The lowest BCUT2D eigenvalue weighted by atomic mass is 10.1. The van der Waals surface area contributed by atoms with E-state index in [9.17, 15) is 9.59 Å². The molecule has 8 aromatic carbocycles. The fraction of sp³-hybridized carbons (Fsp3) is 0.0909. The summed E-state index contributed by atoms with van der Waals surface area (Å²) >= 11 is 2.89. The lowest BCUT2D eigenvalue weighted by Crippen LogP contribution is -2.33. The lowest BCUT2D eigenvalue weighted by Gasteiger charge is -2.25. The number of esters is 1. The Bertz CT molecular complexity index is 3270. The second-order valence-electron chi connectivity index (χ2n) is 17.3.